The fourth-order valence-electron chi connectivity index (χ4n) is 1.79. The van der Waals surface area contributed by atoms with Gasteiger partial charge in [0, 0.05) is 23.6 Å². The fourth-order valence-corrected chi connectivity index (χ4v) is 2.84. The molecule has 1 N–H and O–H groups in total. The summed E-state index contributed by atoms with van der Waals surface area (Å²) in [6.45, 7) is 0.0157. The molecule has 0 unspecified atom stereocenters. The summed E-state index contributed by atoms with van der Waals surface area (Å²) in [5.41, 5.74) is 0.412. The lowest BCUT2D eigenvalue weighted by atomic mass is 10.2. The summed E-state index contributed by atoms with van der Waals surface area (Å²) in [6.07, 6.45) is 0. The first kappa shape index (κ1) is 16.6. The third kappa shape index (κ3) is 4.38. The van der Waals surface area contributed by atoms with E-state index in [0.29, 0.717) is 10.4 Å². The minimum atomic E-state index is -0.370. The first-order chi connectivity index (χ1) is 10.5. The highest BCUT2D eigenvalue weighted by molar-refractivity contribution is 9.10. The van der Waals surface area contributed by atoms with E-state index in [0.717, 1.165) is 4.47 Å². The van der Waals surface area contributed by atoms with Gasteiger partial charge in [-0.15, -0.1) is 11.3 Å². The molecule has 0 fully saturated rings. The molecule has 0 aliphatic rings. The number of hydrogen-bond acceptors (Lipinski definition) is 3. The van der Waals surface area contributed by atoms with E-state index in [2.05, 4.69) is 21.2 Å². The number of nitrogens with zero attached hydrogens (tertiary/aromatic N) is 1. The van der Waals surface area contributed by atoms with Crippen LogP contribution in [0.15, 0.2) is 40.2 Å². The number of hydrogen-bond donors (Lipinski definition) is 1. The van der Waals surface area contributed by atoms with Crippen molar-refractivity contribution in [2.24, 2.45) is 0 Å². The van der Waals surface area contributed by atoms with Crippen LogP contribution >= 0.6 is 27.3 Å². The van der Waals surface area contributed by atoms with Crippen molar-refractivity contribution in [2.75, 3.05) is 13.6 Å². The fraction of sp³-hybridized carbons (Fsp3) is 0.200. The normalized spacial score (nSPS) is 10.3. The van der Waals surface area contributed by atoms with Crippen LogP contribution in [-0.2, 0) is 11.3 Å². The molecule has 0 spiro atoms. The van der Waals surface area contributed by atoms with Crippen LogP contribution in [-0.4, -0.2) is 30.3 Å². The molecule has 2 rings (SSSR count). The molecule has 0 aliphatic heterocycles. The molecule has 0 radical (unpaired) electrons. The van der Waals surface area contributed by atoms with E-state index >= 15 is 0 Å². The maximum Gasteiger partial charge on any atom is 0.261 e. The molecule has 0 saturated heterocycles. The number of benzene rings is 1. The van der Waals surface area contributed by atoms with Crippen molar-refractivity contribution in [1.29, 1.82) is 0 Å². The number of thiophene rings is 1. The number of halogens is 2. The van der Waals surface area contributed by atoms with Gasteiger partial charge in [0.25, 0.3) is 5.91 Å². The summed E-state index contributed by atoms with van der Waals surface area (Å²) < 4.78 is 14.4. The largest absolute Gasteiger partial charge is 0.342 e. The number of likely N-dealkylation sites (N-methyl/N-ethyl adjacent to an activating group) is 1. The molecule has 2 aromatic rings. The van der Waals surface area contributed by atoms with Crippen LogP contribution in [0.1, 0.15) is 15.2 Å². The zero-order chi connectivity index (χ0) is 16.1. The topological polar surface area (TPSA) is 49.4 Å². The third-order valence-corrected chi connectivity index (χ3v) is 4.35. The Morgan fingerprint density at radius 3 is 2.82 bits per heavy atom. The van der Waals surface area contributed by atoms with Crippen molar-refractivity contribution in [3.8, 4) is 0 Å². The lowest BCUT2D eigenvalue weighted by Crippen LogP contribution is -2.37. The van der Waals surface area contributed by atoms with Gasteiger partial charge in [0.1, 0.15) is 5.82 Å². The van der Waals surface area contributed by atoms with Crippen LogP contribution in [0.2, 0.25) is 0 Å². The molecule has 0 atom stereocenters. The van der Waals surface area contributed by atoms with Gasteiger partial charge in [0.2, 0.25) is 5.91 Å². The second kappa shape index (κ2) is 7.51. The summed E-state index contributed by atoms with van der Waals surface area (Å²) in [7, 11) is 1.57. The maximum atomic E-state index is 13.7. The number of amides is 2. The molecule has 0 bridgehead atoms. The summed E-state index contributed by atoms with van der Waals surface area (Å²) in [4.78, 5) is 25.7. The van der Waals surface area contributed by atoms with Gasteiger partial charge in [-0.05, 0) is 29.6 Å². The number of rotatable bonds is 5. The molecule has 22 heavy (non-hydrogen) atoms. The standard InChI is InChI=1S/C15H14BrFN2O2S/c1-19(9-10-7-11(16)4-5-12(10)17)14(20)8-18-15(21)13-3-2-6-22-13/h2-7H,8-9H2,1H3,(H,18,21). The molecule has 1 heterocycles. The van der Waals surface area contributed by atoms with Crippen LogP contribution in [0.5, 0.6) is 0 Å². The Hall–Kier alpha value is -1.73. The minimum absolute atomic E-state index is 0.122. The van der Waals surface area contributed by atoms with E-state index < -0.39 is 0 Å². The number of carbonyl (C=O) groups is 2. The highest BCUT2D eigenvalue weighted by Gasteiger charge is 2.14. The Labute approximate surface area is 140 Å². The van der Waals surface area contributed by atoms with E-state index in [9.17, 15) is 14.0 Å². The van der Waals surface area contributed by atoms with Gasteiger partial charge in [0.15, 0.2) is 0 Å². The zero-order valence-corrected chi connectivity index (χ0v) is 14.2. The van der Waals surface area contributed by atoms with Gasteiger partial charge < -0.3 is 10.2 Å². The molecule has 0 saturated carbocycles. The highest BCUT2D eigenvalue weighted by atomic mass is 79.9. The Bertz CT molecular complexity index is 676. The van der Waals surface area contributed by atoms with Crippen molar-refractivity contribution in [1.82, 2.24) is 10.2 Å². The molecule has 116 valence electrons. The van der Waals surface area contributed by atoms with Gasteiger partial charge in [0.05, 0.1) is 11.4 Å². The number of nitrogens with one attached hydrogen (secondary N) is 1. The smallest absolute Gasteiger partial charge is 0.261 e. The minimum Gasteiger partial charge on any atom is -0.342 e. The molecule has 7 heteroatoms. The first-order valence-corrected chi connectivity index (χ1v) is 8.14. The van der Waals surface area contributed by atoms with Gasteiger partial charge in [-0.2, -0.15) is 0 Å². The lowest BCUT2D eigenvalue weighted by Gasteiger charge is -2.18. The van der Waals surface area contributed by atoms with Crippen molar-refractivity contribution in [3.05, 3.63) is 56.4 Å². The molecule has 0 aliphatic carbocycles. The van der Waals surface area contributed by atoms with Gasteiger partial charge in [-0.3, -0.25) is 9.59 Å². The predicted molar refractivity (Wildman–Crippen MR) is 87.2 cm³/mol. The Kier molecular flexibility index (Phi) is 5.68. The zero-order valence-electron chi connectivity index (χ0n) is 11.8. The van der Waals surface area contributed by atoms with Crippen molar-refractivity contribution in [3.63, 3.8) is 0 Å². The van der Waals surface area contributed by atoms with Crippen LogP contribution < -0.4 is 5.32 Å². The summed E-state index contributed by atoms with van der Waals surface area (Å²) >= 11 is 4.57. The Balaban J connectivity index is 1.89. The van der Waals surface area contributed by atoms with Crippen LogP contribution in [0.4, 0.5) is 4.39 Å². The van der Waals surface area contributed by atoms with E-state index in [4.69, 9.17) is 0 Å². The summed E-state index contributed by atoms with van der Waals surface area (Å²) in [5.74, 6) is -0.944. The van der Waals surface area contributed by atoms with E-state index in [-0.39, 0.29) is 30.7 Å². The van der Waals surface area contributed by atoms with Crippen LogP contribution in [0, 0.1) is 5.82 Å². The maximum absolute atomic E-state index is 13.7. The summed E-state index contributed by atoms with van der Waals surface area (Å²) in [6, 6.07) is 8.02. The van der Waals surface area contributed by atoms with E-state index in [1.165, 1.54) is 22.3 Å². The van der Waals surface area contributed by atoms with Crippen LogP contribution in [0.3, 0.4) is 0 Å². The van der Waals surface area contributed by atoms with E-state index in [1.807, 2.05) is 0 Å². The second-order valence-electron chi connectivity index (χ2n) is 4.65. The van der Waals surface area contributed by atoms with Gasteiger partial charge in [-0.25, -0.2) is 4.39 Å². The predicted octanol–water partition coefficient (Wildman–Crippen LogP) is 3.04. The van der Waals surface area contributed by atoms with Gasteiger partial charge >= 0.3 is 0 Å². The van der Waals surface area contributed by atoms with Crippen molar-refractivity contribution < 1.29 is 14.0 Å². The molecule has 1 aromatic carbocycles. The highest BCUT2D eigenvalue weighted by Crippen LogP contribution is 2.16. The SMILES string of the molecule is CN(Cc1cc(Br)ccc1F)C(=O)CNC(=O)c1cccs1. The van der Waals surface area contributed by atoms with Crippen molar-refractivity contribution in [2.45, 2.75) is 6.54 Å². The van der Waals surface area contributed by atoms with Gasteiger partial charge in [-0.1, -0.05) is 22.0 Å². The molecular formula is C15H14BrFN2O2S. The average Bonchev–Trinajstić information content (AvgIpc) is 3.02. The quantitative estimate of drug-likeness (QED) is 0.860. The Morgan fingerprint density at radius 1 is 1.36 bits per heavy atom. The molecule has 1 aromatic heterocycles. The average molecular weight is 385 g/mol. The molecule has 2 amide bonds. The molecule has 4 nitrogen and oxygen atoms in total. The molecular weight excluding hydrogens is 371 g/mol. The monoisotopic (exact) mass is 384 g/mol. The summed E-state index contributed by atoms with van der Waals surface area (Å²) in [5, 5.41) is 4.35. The van der Waals surface area contributed by atoms with Crippen molar-refractivity contribution >= 4 is 39.1 Å². The third-order valence-electron chi connectivity index (χ3n) is 2.99. The first-order valence-electron chi connectivity index (χ1n) is 6.47. The van der Waals surface area contributed by atoms with Crippen LogP contribution in [0.25, 0.3) is 0 Å². The lowest BCUT2D eigenvalue weighted by molar-refractivity contribution is -0.129. The Morgan fingerprint density at radius 2 is 2.14 bits per heavy atom. The van der Waals surface area contributed by atoms with E-state index in [1.54, 1.807) is 36.7 Å². The number of carbonyl (C=O) groups excluding carboxylic acids is 2. The second-order valence-corrected chi connectivity index (χ2v) is 6.51.